The van der Waals surface area contributed by atoms with Crippen molar-refractivity contribution < 1.29 is 0 Å². The van der Waals surface area contributed by atoms with E-state index in [4.69, 9.17) is 5.26 Å². The molecule has 1 rings (SSSR count). The van der Waals surface area contributed by atoms with Crippen LogP contribution >= 0.6 is 0 Å². The van der Waals surface area contributed by atoms with Gasteiger partial charge in [0.25, 0.3) is 0 Å². The van der Waals surface area contributed by atoms with E-state index in [9.17, 15) is 5.26 Å². The Morgan fingerprint density at radius 2 is 1.50 bits per heavy atom. The zero-order valence-electron chi connectivity index (χ0n) is 10.5. The lowest BCUT2D eigenvalue weighted by Crippen LogP contribution is -2.15. The maximum atomic E-state index is 9.21. The first-order valence-corrected chi connectivity index (χ1v) is 5.27. The van der Waals surface area contributed by atoms with Crippen LogP contribution in [0.3, 0.4) is 0 Å². The monoisotopic (exact) mass is 212 g/mol. The van der Waals surface area contributed by atoms with Crippen LogP contribution in [0.15, 0.2) is 6.07 Å². The summed E-state index contributed by atoms with van der Waals surface area (Å²) in [5.41, 5.74) is 3.86. The van der Waals surface area contributed by atoms with Crippen molar-refractivity contribution in [3.8, 4) is 12.1 Å². The molecule has 16 heavy (non-hydrogen) atoms. The van der Waals surface area contributed by atoms with Gasteiger partial charge in [-0.15, -0.1) is 0 Å². The van der Waals surface area contributed by atoms with Crippen molar-refractivity contribution in [3.63, 3.8) is 0 Å². The van der Waals surface area contributed by atoms with Crippen LogP contribution in [0.25, 0.3) is 0 Å². The predicted octanol–water partition coefficient (Wildman–Crippen LogP) is 3.34. The Labute approximate surface area is 97.1 Å². The second kappa shape index (κ2) is 3.99. The van der Waals surface area contributed by atoms with Gasteiger partial charge in [0.1, 0.15) is 12.1 Å². The molecule has 1 aromatic rings. The lowest BCUT2D eigenvalue weighted by Gasteiger charge is -2.22. The molecule has 0 amide bonds. The lowest BCUT2D eigenvalue weighted by atomic mass is 9.80. The number of nitriles is 2. The number of rotatable bonds is 0. The fraction of sp³-hybridized carbons (Fsp3) is 0.429. The zero-order chi connectivity index (χ0) is 12.5. The van der Waals surface area contributed by atoms with Gasteiger partial charge in [-0.25, -0.2) is 0 Å². The Hall–Kier alpha value is -1.80. The van der Waals surface area contributed by atoms with Gasteiger partial charge >= 0.3 is 0 Å². The molecule has 1 aromatic carbocycles. The largest absolute Gasteiger partial charge is 0.192 e. The first-order chi connectivity index (χ1) is 7.32. The maximum absolute atomic E-state index is 9.21. The molecule has 0 unspecified atom stereocenters. The highest BCUT2D eigenvalue weighted by Crippen LogP contribution is 2.30. The van der Waals surface area contributed by atoms with Gasteiger partial charge in [0, 0.05) is 0 Å². The minimum atomic E-state index is -0.116. The number of nitrogens with zero attached hydrogens (tertiary/aromatic N) is 2. The van der Waals surface area contributed by atoms with E-state index in [2.05, 4.69) is 32.9 Å². The van der Waals surface area contributed by atoms with Gasteiger partial charge in [-0.3, -0.25) is 0 Å². The fourth-order valence-corrected chi connectivity index (χ4v) is 1.76. The van der Waals surface area contributed by atoms with Crippen LogP contribution in [0.2, 0.25) is 0 Å². The Kier molecular flexibility index (Phi) is 3.06. The van der Waals surface area contributed by atoms with Crippen LogP contribution in [-0.4, -0.2) is 0 Å². The molecule has 2 nitrogen and oxygen atoms in total. The molecule has 0 aliphatic heterocycles. The molecule has 82 valence electrons. The van der Waals surface area contributed by atoms with Crippen LogP contribution in [0.5, 0.6) is 0 Å². The highest BCUT2D eigenvalue weighted by Gasteiger charge is 2.22. The smallest absolute Gasteiger partial charge is 0.101 e. The molecule has 0 radical (unpaired) electrons. The van der Waals surface area contributed by atoms with Crippen molar-refractivity contribution in [2.24, 2.45) is 0 Å². The highest BCUT2D eigenvalue weighted by atomic mass is 14.3. The molecule has 0 aromatic heterocycles. The highest BCUT2D eigenvalue weighted by molar-refractivity contribution is 5.58. The summed E-state index contributed by atoms with van der Waals surface area (Å²) in [6, 6.07) is 6.34. The molecular weight excluding hydrogens is 196 g/mol. The predicted molar refractivity (Wildman–Crippen MR) is 64.0 cm³/mol. The molecule has 0 bridgehead atoms. The first-order valence-electron chi connectivity index (χ1n) is 5.27. The van der Waals surface area contributed by atoms with Gasteiger partial charge in [-0.05, 0) is 36.0 Å². The Bertz CT molecular complexity index is 505. The van der Waals surface area contributed by atoms with Crippen molar-refractivity contribution in [2.75, 3.05) is 0 Å². The summed E-state index contributed by atoms with van der Waals surface area (Å²) in [4.78, 5) is 0. The standard InChI is InChI=1S/C14H16N2/c1-9-6-13(14(3,4)5)12(8-16)11(7-15)10(9)2/h6H,1-5H3. The second-order valence-corrected chi connectivity index (χ2v) is 5.09. The van der Waals surface area contributed by atoms with Crippen molar-refractivity contribution in [3.05, 3.63) is 33.9 Å². The number of benzene rings is 1. The Balaban J connectivity index is 3.74. The van der Waals surface area contributed by atoms with Crippen molar-refractivity contribution in [1.29, 1.82) is 10.5 Å². The quantitative estimate of drug-likeness (QED) is 0.662. The van der Waals surface area contributed by atoms with Gasteiger partial charge in [0.05, 0.1) is 11.1 Å². The van der Waals surface area contributed by atoms with E-state index >= 15 is 0 Å². The van der Waals surface area contributed by atoms with E-state index < -0.39 is 0 Å². The number of hydrogen-bond donors (Lipinski definition) is 0. The minimum Gasteiger partial charge on any atom is -0.192 e. The molecule has 0 saturated heterocycles. The van der Waals surface area contributed by atoms with Crippen molar-refractivity contribution >= 4 is 0 Å². The SMILES string of the molecule is Cc1cc(C(C)(C)C)c(C#N)c(C#N)c1C. The third-order valence-electron chi connectivity index (χ3n) is 2.88. The Morgan fingerprint density at radius 1 is 1.00 bits per heavy atom. The molecule has 0 heterocycles. The summed E-state index contributed by atoms with van der Waals surface area (Å²) in [6.45, 7) is 10.0. The third-order valence-corrected chi connectivity index (χ3v) is 2.88. The molecule has 0 N–H and O–H groups in total. The van der Waals surface area contributed by atoms with E-state index in [1.165, 1.54) is 0 Å². The third kappa shape index (κ3) is 1.92. The van der Waals surface area contributed by atoms with Crippen molar-refractivity contribution in [1.82, 2.24) is 0 Å². The minimum absolute atomic E-state index is 0.116. The number of aryl methyl sites for hydroxylation is 1. The molecule has 0 saturated carbocycles. The summed E-state index contributed by atoms with van der Waals surface area (Å²) < 4.78 is 0. The van der Waals surface area contributed by atoms with E-state index in [0.717, 1.165) is 16.7 Å². The van der Waals surface area contributed by atoms with Crippen LogP contribution in [0.4, 0.5) is 0 Å². The molecular formula is C14H16N2. The fourth-order valence-electron chi connectivity index (χ4n) is 1.76. The molecule has 0 aliphatic carbocycles. The first kappa shape index (κ1) is 12.3. The van der Waals surface area contributed by atoms with Gasteiger partial charge in [0.15, 0.2) is 0 Å². The van der Waals surface area contributed by atoms with Crippen LogP contribution in [-0.2, 0) is 5.41 Å². The van der Waals surface area contributed by atoms with Gasteiger partial charge in [-0.1, -0.05) is 26.8 Å². The zero-order valence-corrected chi connectivity index (χ0v) is 10.5. The van der Waals surface area contributed by atoms with Crippen molar-refractivity contribution in [2.45, 2.75) is 40.0 Å². The van der Waals surface area contributed by atoms with Gasteiger partial charge < -0.3 is 0 Å². The average Bonchev–Trinajstić information content (AvgIpc) is 2.19. The van der Waals surface area contributed by atoms with E-state index in [-0.39, 0.29) is 5.41 Å². The van der Waals surface area contributed by atoms with Crippen LogP contribution < -0.4 is 0 Å². The Morgan fingerprint density at radius 3 is 1.88 bits per heavy atom. The summed E-state index contributed by atoms with van der Waals surface area (Å²) in [5.74, 6) is 0. The summed E-state index contributed by atoms with van der Waals surface area (Å²) >= 11 is 0. The van der Waals surface area contributed by atoms with Gasteiger partial charge in [0.2, 0.25) is 0 Å². The van der Waals surface area contributed by atoms with Crippen LogP contribution in [0.1, 0.15) is 48.6 Å². The number of hydrogen-bond acceptors (Lipinski definition) is 2. The summed E-state index contributed by atoms with van der Waals surface area (Å²) in [6.07, 6.45) is 0. The topological polar surface area (TPSA) is 47.6 Å². The molecule has 0 fully saturated rings. The van der Waals surface area contributed by atoms with Crippen LogP contribution in [0, 0.1) is 36.5 Å². The average molecular weight is 212 g/mol. The lowest BCUT2D eigenvalue weighted by molar-refractivity contribution is 0.587. The molecule has 2 heteroatoms. The van der Waals surface area contributed by atoms with Gasteiger partial charge in [-0.2, -0.15) is 10.5 Å². The summed E-state index contributed by atoms with van der Waals surface area (Å²) in [5, 5.41) is 18.4. The normalized spacial score (nSPS) is 10.7. The second-order valence-electron chi connectivity index (χ2n) is 5.09. The molecule has 0 atom stereocenters. The van der Waals surface area contributed by atoms with E-state index in [1.54, 1.807) is 0 Å². The molecule has 0 aliphatic rings. The molecule has 0 spiro atoms. The maximum Gasteiger partial charge on any atom is 0.101 e. The van der Waals surface area contributed by atoms with E-state index in [1.807, 2.05) is 19.9 Å². The summed E-state index contributed by atoms with van der Waals surface area (Å²) in [7, 11) is 0. The van der Waals surface area contributed by atoms with E-state index in [0.29, 0.717) is 11.1 Å².